The number of sulfone groups is 1. The van der Waals surface area contributed by atoms with Crippen LogP contribution in [0.15, 0.2) is 40.8 Å². The van der Waals surface area contributed by atoms with Crippen molar-refractivity contribution < 1.29 is 22.7 Å². The molecule has 0 aromatic carbocycles. The fraction of sp³-hybridized carbons (Fsp3) is 0.611. The van der Waals surface area contributed by atoms with Gasteiger partial charge >= 0.3 is 0 Å². The van der Waals surface area contributed by atoms with Gasteiger partial charge in [-0.15, -0.1) is 0 Å². The number of carbonyl (C=O) groups is 1. The highest BCUT2D eigenvalue weighted by Gasteiger charge is 2.66. The second-order valence-corrected chi connectivity index (χ2v) is 13.0. The molecule has 0 aromatic heterocycles. The summed E-state index contributed by atoms with van der Waals surface area (Å²) in [4.78, 5) is 23.3. The van der Waals surface area contributed by atoms with Gasteiger partial charge in [0.05, 0.1) is 11.1 Å². The van der Waals surface area contributed by atoms with Crippen LogP contribution in [-0.2, 0) is 24.1 Å². The molecule has 1 fully saturated rings. The van der Waals surface area contributed by atoms with Crippen LogP contribution in [0, 0.1) is 10.8 Å². The Hall–Kier alpha value is -1.91. The molecule has 3 aliphatic rings. The molecule has 0 bridgehead atoms. The lowest BCUT2D eigenvalue weighted by atomic mass is 9.61. The molecule has 0 N–H and O–H groups in total. The van der Waals surface area contributed by atoms with E-state index in [1.54, 1.807) is 23.1 Å². The average molecular weight is 438 g/mol. The van der Waals surface area contributed by atoms with E-state index in [0.29, 0.717) is 11.4 Å². The number of allylic oxidation sites excluding steroid dienone is 4. The zero-order valence-corrected chi connectivity index (χ0v) is 19.1. The molecule has 1 saturated heterocycles. The maximum atomic E-state index is 13.1. The molecule has 0 aromatic rings. The summed E-state index contributed by atoms with van der Waals surface area (Å²) >= 11 is 0. The monoisotopic (exact) mass is 437 g/mol. The van der Waals surface area contributed by atoms with Gasteiger partial charge in [-0.1, -0.05) is 26.8 Å². The van der Waals surface area contributed by atoms with Gasteiger partial charge < -0.3 is 4.90 Å². The van der Waals surface area contributed by atoms with Crippen molar-refractivity contribution in [3.05, 3.63) is 46.1 Å². The highest BCUT2D eigenvalue weighted by molar-refractivity contribution is 7.91. The molecule has 1 radical (unpaired) electrons. The Morgan fingerprint density at radius 2 is 2.00 bits per heavy atom. The first kappa shape index (κ1) is 21.8. The highest BCUT2D eigenvalue weighted by Crippen LogP contribution is 2.60. The summed E-state index contributed by atoms with van der Waals surface area (Å²) in [5.74, 6) is -0.119. The Bertz CT molecular complexity index is 990. The zero-order chi connectivity index (χ0) is 21.8. The summed E-state index contributed by atoms with van der Waals surface area (Å²) in [5, 5.41) is 2.63. The van der Waals surface area contributed by atoms with Crippen LogP contribution in [0.25, 0.3) is 10.4 Å². The van der Waals surface area contributed by atoms with Crippen LogP contribution >= 0.6 is 0 Å². The van der Waals surface area contributed by atoms with Gasteiger partial charge in [-0.05, 0) is 47.4 Å². The van der Waals surface area contributed by atoms with Gasteiger partial charge in [0, 0.05) is 23.4 Å². The van der Waals surface area contributed by atoms with Crippen LogP contribution in [0.2, 0.25) is 13.1 Å². The summed E-state index contributed by atoms with van der Waals surface area (Å²) in [6.07, 6.45) is 7.74. The molecule has 0 amide bonds. The van der Waals surface area contributed by atoms with Gasteiger partial charge in [-0.3, -0.25) is 9.37 Å². The Morgan fingerprint density at radius 1 is 1.34 bits per heavy atom. The highest BCUT2D eigenvalue weighted by atomic mass is 32.2. The lowest BCUT2D eigenvalue weighted by Gasteiger charge is -2.42. The molecule has 3 rings (SSSR count). The Labute approximate surface area is 172 Å². The number of hydrogen-bond acceptors (Lipinski definition) is 7. The minimum absolute atomic E-state index is 0.00661. The third-order valence-electron chi connectivity index (χ3n) is 5.61. The lowest BCUT2D eigenvalue weighted by Crippen LogP contribution is -2.48. The third-order valence-corrected chi connectivity index (χ3v) is 7.53. The molecule has 3 unspecified atom stereocenters. The maximum absolute atomic E-state index is 13.1. The molecule has 11 heteroatoms. The van der Waals surface area contributed by atoms with Crippen molar-refractivity contribution in [2.24, 2.45) is 15.9 Å². The summed E-state index contributed by atoms with van der Waals surface area (Å²) in [7, 11) is -5.09. The number of nitrogens with zero attached hydrogens (tertiary/aromatic N) is 4. The number of azide groups is 1. The predicted octanol–water partition coefficient (Wildman–Crippen LogP) is 2.87. The van der Waals surface area contributed by atoms with E-state index in [-0.39, 0.29) is 12.3 Å². The van der Waals surface area contributed by atoms with Gasteiger partial charge in [0.1, 0.15) is 5.25 Å². The van der Waals surface area contributed by atoms with Crippen molar-refractivity contribution in [3.8, 4) is 0 Å². The van der Waals surface area contributed by atoms with E-state index < -0.39 is 40.7 Å². The van der Waals surface area contributed by atoms with Crippen molar-refractivity contribution in [2.45, 2.75) is 44.8 Å². The van der Waals surface area contributed by atoms with Crippen molar-refractivity contribution in [3.63, 3.8) is 0 Å². The molecular weight excluding hydrogens is 412 g/mol. The zero-order valence-electron chi connectivity index (χ0n) is 17.3. The third kappa shape index (κ3) is 3.08. The molecule has 1 aliphatic carbocycles. The molecule has 2 heterocycles. The Morgan fingerprint density at radius 3 is 2.52 bits per heavy atom. The maximum Gasteiger partial charge on any atom is 0.254 e. The molecule has 0 spiro atoms. The van der Waals surface area contributed by atoms with Gasteiger partial charge in [-0.2, -0.15) is 0 Å². The molecular formula is C18H25N4O5SSi. The largest absolute Gasteiger partial charge is 0.343 e. The van der Waals surface area contributed by atoms with E-state index in [2.05, 4.69) is 10.0 Å². The van der Waals surface area contributed by atoms with Crippen molar-refractivity contribution in [1.29, 1.82) is 0 Å². The smallest absolute Gasteiger partial charge is 0.254 e. The first-order valence-electron chi connectivity index (χ1n) is 9.16. The lowest BCUT2D eigenvalue weighted by molar-refractivity contribution is -0.279. The average Bonchev–Trinajstić information content (AvgIpc) is 3.07. The first-order chi connectivity index (χ1) is 13.3. The molecule has 29 heavy (non-hydrogen) atoms. The summed E-state index contributed by atoms with van der Waals surface area (Å²) in [6, 6.07) is 0. The molecule has 157 valence electrons. The SMILES string of the molecule is C[Si](C)OOC1(N=[N+]=[N-])C2=CC3(C(C)(C)C)C(=O)C=CC=C3N2CC1S(C)(=O)=O. The van der Waals surface area contributed by atoms with Crippen molar-refractivity contribution >= 4 is 24.7 Å². The number of rotatable bonds is 5. The molecule has 2 aliphatic heterocycles. The number of ketones is 1. The fourth-order valence-corrected chi connectivity index (χ4v) is 5.76. The predicted molar refractivity (Wildman–Crippen MR) is 109 cm³/mol. The van der Waals surface area contributed by atoms with Crippen LogP contribution in [-0.4, -0.2) is 51.9 Å². The number of hydrogen-bond donors (Lipinski definition) is 0. The van der Waals surface area contributed by atoms with Gasteiger partial charge in [0.15, 0.2) is 15.6 Å². The fourth-order valence-electron chi connectivity index (χ4n) is 4.26. The van der Waals surface area contributed by atoms with Crippen LogP contribution in [0.4, 0.5) is 0 Å². The number of fused-ring (bicyclic) bond motifs is 3. The topological polar surface area (TPSA) is 122 Å². The van der Waals surface area contributed by atoms with Crippen molar-refractivity contribution in [2.75, 3.05) is 12.8 Å². The van der Waals surface area contributed by atoms with Crippen LogP contribution in [0.5, 0.6) is 0 Å². The van der Waals surface area contributed by atoms with Crippen LogP contribution < -0.4 is 0 Å². The van der Waals surface area contributed by atoms with Gasteiger partial charge in [0.25, 0.3) is 9.04 Å². The minimum Gasteiger partial charge on any atom is -0.343 e. The van der Waals surface area contributed by atoms with E-state index in [0.717, 1.165) is 6.26 Å². The molecule has 9 nitrogen and oxygen atoms in total. The van der Waals surface area contributed by atoms with E-state index in [1.165, 1.54) is 6.08 Å². The molecule has 0 saturated carbocycles. The first-order valence-corrected chi connectivity index (χ1v) is 13.5. The van der Waals surface area contributed by atoms with Crippen LogP contribution in [0.1, 0.15) is 20.8 Å². The second-order valence-electron chi connectivity index (χ2n) is 8.75. The van der Waals surface area contributed by atoms with Crippen molar-refractivity contribution in [1.82, 2.24) is 4.90 Å². The summed E-state index contributed by atoms with van der Waals surface area (Å²) < 4.78 is 30.7. The Kier molecular flexibility index (Phi) is 5.12. The minimum atomic E-state index is -3.70. The Balaban J connectivity index is 2.31. The van der Waals surface area contributed by atoms with E-state index in [4.69, 9.17) is 9.46 Å². The number of carbonyl (C=O) groups excluding carboxylic acids is 1. The second kappa shape index (κ2) is 6.81. The van der Waals surface area contributed by atoms with E-state index in [9.17, 15) is 18.7 Å². The van der Waals surface area contributed by atoms with Crippen LogP contribution in [0.3, 0.4) is 0 Å². The van der Waals surface area contributed by atoms with Gasteiger partial charge in [-0.25, -0.2) is 13.3 Å². The standard InChI is InChI=1S/C18H25N4O5SSi/c1-16(2,3)17-10-13-18(20-21-19,26-27-29(5)6)15(28(4,24)25)11-22(13)12(17)8-7-9-14(17)23/h7-10,15H,11H2,1-6H3. The summed E-state index contributed by atoms with van der Waals surface area (Å²) in [6.45, 7) is 9.44. The molecule has 3 atom stereocenters. The quantitative estimate of drug-likeness (QED) is 0.163. The normalized spacial score (nSPS) is 31.3. The van der Waals surface area contributed by atoms with E-state index >= 15 is 0 Å². The van der Waals surface area contributed by atoms with Gasteiger partial charge in [0.2, 0.25) is 5.72 Å². The van der Waals surface area contributed by atoms with E-state index in [1.807, 2.05) is 33.9 Å². The summed E-state index contributed by atoms with van der Waals surface area (Å²) in [5.41, 5.74) is 6.81.